The van der Waals surface area contributed by atoms with Gasteiger partial charge in [0.05, 0.1) is 5.41 Å². The summed E-state index contributed by atoms with van der Waals surface area (Å²) >= 11 is 0. The van der Waals surface area contributed by atoms with Gasteiger partial charge in [-0.2, -0.15) is 0 Å². The summed E-state index contributed by atoms with van der Waals surface area (Å²) < 4.78 is 0. The van der Waals surface area contributed by atoms with E-state index in [0.29, 0.717) is 6.54 Å². The standard InChI is InChI=1S/C9H19N3O/c1-2-12-5-3-9(7-10,4-6-12)8(11)13/h2-7,10H2,1H3,(H2,11,13). The summed E-state index contributed by atoms with van der Waals surface area (Å²) in [5.74, 6) is -0.231. The maximum Gasteiger partial charge on any atom is 0.225 e. The zero-order chi connectivity index (χ0) is 9.90. The first-order valence-electron chi connectivity index (χ1n) is 4.87. The molecule has 0 radical (unpaired) electrons. The van der Waals surface area contributed by atoms with Crippen LogP contribution in [-0.4, -0.2) is 37.0 Å². The highest BCUT2D eigenvalue weighted by Crippen LogP contribution is 2.29. The van der Waals surface area contributed by atoms with E-state index in [-0.39, 0.29) is 5.91 Å². The Kier molecular flexibility index (Phi) is 3.27. The molecule has 1 heterocycles. The van der Waals surface area contributed by atoms with Crippen LogP contribution in [0.2, 0.25) is 0 Å². The van der Waals surface area contributed by atoms with Crippen molar-refractivity contribution in [3.63, 3.8) is 0 Å². The summed E-state index contributed by atoms with van der Waals surface area (Å²) in [7, 11) is 0. The molecule has 0 spiro atoms. The van der Waals surface area contributed by atoms with E-state index in [1.54, 1.807) is 0 Å². The second-order valence-electron chi connectivity index (χ2n) is 3.78. The van der Waals surface area contributed by atoms with Crippen molar-refractivity contribution in [3.8, 4) is 0 Å². The molecule has 0 unspecified atom stereocenters. The van der Waals surface area contributed by atoms with Crippen LogP contribution in [0.4, 0.5) is 0 Å². The number of rotatable bonds is 3. The minimum Gasteiger partial charge on any atom is -0.369 e. The first-order valence-corrected chi connectivity index (χ1v) is 4.87. The molecule has 0 aliphatic carbocycles. The van der Waals surface area contributed by atoms with Crippen LogP contribution in [0.3, 0.4) is 0 Å². The van der Waals surface area contributed by atoms with Crippen LogP contribution in [0.15, 0.2) is 0 Å². The maximum absolute atomic E-state index is 11.2. The quantitative estimate of drug-likeness (QED) is 0.624. The number of nitrogens with zero attached hydrogens (tertiary/aromatic N) is 1. The normalized spacial score (nSPS) is 22.9. The highest BCUT2D eigenvalue weighted by atomic mass is 16.1. The van der Waals surface area contributed by atoms with Gasteiger partial charge in [0.15, 0.2) is 0 Å². The molecule has 0 bridgehead atoms. The van der Waals surface area contributed by atoms with Crippen molar-refractivity contribution in [1.82, 2.24) is 4.90 Å². The van der Waals surface area contributed by atoms with Crippen LogP contribution in [0, 0.1) is 5.41 Å². The predicted octanol–water partition coefficient (Wildman–Crippen LogP) is -0.467. The molecule has 13 heavy (non-hydrogen) atoms. The van der Waals surface area contributed by atoms with Crippen molar-refractivity contribution >= 4 is 5.91 Å². The Morgan fingerprint density at radius 2 is 2.00 bits per heavy atom. The van der Waals surface area contributed by atoms with Crippen LogP contribution >= 0.6 is 0 Å². The first kappa shape index (κ1) is 10.5. The number of hydrogen-bond donors (Lipinski definition) is 2. The van der Waals surface area contributed by atoms with Gasteiger partial charge < -0.3 is 16.4 Å². The van der Waals surface area contributed by atoms with Crippen molar-refractivity contribution < 1.29 is 4.79 Å². The average molecular weight is 185 g/mol. The topological polar surface area (TPSA) is 72.3 Å². The van der Waals surface area contributed by atoms with Crippen molar-refractivity contribution in [2.75, 3.05) is 26.2 Å². The molecule has 0 saturated carbocycles. The Hall–Kier alpha value is -0.610. The van der Waals surface area contributed by atoms with E-state index < -0.39 is 5.41 Å². The van der Waals surface area contributed by atoms with Gasteiger partial charge in [-0.25, -0.2) is 0 Å². The summed E-state index contributed by atoms with van der Waals surface area (Å²) in [6.07, 6.45) is 1.62. The monoisotopic (exact) mass is 185 g/mol. The van der Waals surface area contributed by atoms with Gasteiger partial charge in [0.1, 0.15) is 0 Å². The molecule has 4 N–H and O–H groups in total. The summed E-state index contributed by atoms with van der Waals surface area (Å²) in [6.45, 7) is 5.44. The summed E-state index contributed by atoms with van der Waals surface area (Å²) in [4.78, 5) is 13.5. The fraction of sp³-hybridized carbons (Fsp3) is 0.889. The van der Waals surface area contributed by atoms with Crippen LogP contribution in [-0.2, 0) is 4.79 Å². The maximum atomic E-state index is 11.2. The van der Waals surface area contributed by atoms with Crippen molar-refractivity contribution in [2.45, 2.75) is 19.8 Å². The first-order chi connectivity index (χ1) is 6.14. The van der Waals surface area contributed by atoms with Gasteiger partial charge in [-0.1, -0.05) is 6.92 Å². The Bertz CT molecular complexity index is 185. The molecule has 0 aromatic rings. The number of likely N-dealkylation sites (tertiary alicyclic amines) is 1. The SMILES string of the molecule is CCN1CCC(CN)(C(N)=O)CC1. The lowest BCUT2D eigenvalue weighted by atomic mass is 9.78. The van der Waals surface area contributed by atoms with E-state index in [1.807, 2.05) is 0 Å². The molecular weight excluding hydrogens is 166 g/mol. The minimum atomic E-state index is -0.425. The zero-order valence-electron chi connectivity index (χ0n) is 8.25. The second-order valence-corrected chi connectivity index (χ2v) is 3.78. The number of nitrogens with two attached hydrogens (primary N) is 2. The van der Waals surface area contributed by atoms with Crippen molar-refractivity contribution in [1.29, 1.82) is 0 Å². The van der Waals surface area contributed by atoms with E-state index in [2.05, 4.69) is 11.8 Å². The van der Waals surface area contributed by atoms with Crippen LogP contribution in [0.5, 0.6) is 0 Å². The van der Waals surface area contributed by atoms with E-state index in [4.69, 9.17) is 11.5 Å². The molecule has 0 atom stereocenters. The highest BCUT2D eigenvalue weighted by molar-refractivity contribution is 5.81. The number of amides is 1. The van der Waals surface area contributed by atoms with Crippen LogP contribution in [0.25, 0.3) is 0 Å². The van der Waals surface area contributed by atoms with Crippen LogP contribution in [0.1, 0.15) is 19.8 Å². The molecule has 0 aromatic carbocycles. The molecule has 4 nitrogen and oxygen atoms in total. The number of hydrogen-bond acceptors (Lipinski definition) is 3. The molecule has 76 valence electrons. The van der Waals surface area contributed by atoms with E-state index in [1.165, 1.54) is 0 Å². The van der Waals surface area contributed by atoms with Gasteiger partial charge in [-0.3, -0.25) is 4.79 Å². The highest BCUT2D eigenvalue weighted by Gasteiger charge is 2.38. The summed E-state index contributed by atoms with van der Waals surface area (Å²) in [5, 5.41) is 0. The van der Waals surface area contributed by atoms with Gasteiger partial charge in [0, 0.05) is 6.54 Å². The van der Waals surface area contributed by atoms with Gasteiger partial charge >= 0.3 is 0 Å². The second kappa shape index (κ2) is 4.07. The fourth-order valence-corrected chi connectivity index (χ4v) is 1.85. The van der Waals surface area contributed by atoms with Gasteiger partial charge in [-0.05, 0) is 32.5 Å². The minimum absolute atomic E-state index is 0.231. The largest absolute Gasteiger partial charge is 0.369 e. The molecule has 1 aliphatic heterocycles. The molecule has 1 amide bonds. The third-order valence-corrected chi connectivity index (χ3v) is 3.17. The van der Waals surface area contributed by atoms with Gasteiger partial charge in [-0.15, -0.1) is 0 Å². The van der Waals surface area contributed by atoms with E-state index >= 15 is 0 Å². The molecular formula is C9H19N3O. The number of primary amides is 1. The molecule has 1 aliphatic rings. The lowest BCUT2D eigenvalue weighted by Crippen LogP contribution is -2.50. The Morgan fingerprint density at radius 3 is 2.31 bits per heavy atom. The zero-order valence-corrected chi connectivity index (χ0v) is 8.25. The average Bonchev–Trinajstić information content (AvgIpc) is 2.17. The third kappa shape index (κ3) is 2.00. The lowest BCUT2D eigenvalue weighted by molar-refractivity contribution is -0.129. The lowest BCUT2D eigenvalue weighted by Gasteiger charge is -2.38. The Balaban J connectivity index is 2.58. The van der Waals surface area contributed by atoms with Gasteiger partial charge in [0.25, 0.3) is 0 Å². The van der Waals surface area contributed by atoms with E-state index in [9.17, 15) is 4.79 Å². The molecule has 1 saturated heterocycles. The van der Waals surface area contributed by atoms with Crippen molar-refractivity contribution in [2.24, 2.45) is 16.9 Å². The third-order valence-electron chi connectivity index (χ3n) is 3.17. The predicted molar refractivity (Wildman–Crippen MR) is 52.0 cm³/mol. The van der Waals surface area contributed by atoms with Crippen LogP contribution < -0.4 is 11.5 Å². The van der Waals surface area contributed by atoms with Gasteiger partial charge in [0.2, 0.25) is 5.91 Å². The summed E-state index contributed by atoms with van der Waals surface area (Å²) in [5.41, 5.74) is 10.5. The number of carbonyl (C=O) groups is 1. The molecule has 0 aromatic heterocycles. The fourth-order valence-electron chi connectivity index (χ4n) is 1.85. The Morgan fingerprint density at radius 1 is 1.46 bits per heavy atom. The molecule has 1 fully saturated rings. The smallest absolute Gasteiger partial charge is 0.225 e. The number of carbonyl (C=O) groups excluding carboxylic acids is 1. The summed E-state index contributed by atoms with van der Waals surface area (Å²) in [6, 6.07) is 0. The molecule has 4 heteroatoms. The van der Waals surface area contributed by atoms with E-state index in [0.717, 1.165) is 32.5 Å². The molecule has 1 rings (SSSR count). The number of piperidine rings is 1. The van der Waals surface area contributed by atoms with Crippen molar-refractivity contribution in [3.05, 3.63) is 0 Å². The Labute approximate surface area is 79.3 Å².